The smallest absolute Gasteiger partial charge is 0.126 e. The van der Waals surface area contributed by atoms with Gasteiger partial charge in [-0.05, 0) is 38.0 Å². The van der Waals surface area contributed by atoms with Crippen molar-refractivity contribution in [2.45, 2.75) is 33.2 Å². The number of pyridine rings is 1. The highest BCUT2D eigenvalue weighted by Gasteiger charge is 2.10. The summed E-state index contributed by atoms with van der Waals surface area (Å²) in [6.45, 7) is 6.33. The van der Waals surface area contributed by atoms with E-state index < -0.39 is 0 Å². The summed E-state index contributed by atoms with van der Waals surface area (Å²) >= 11 is 1.76. The minimum absolute atomic E-state index is 0.203. The van der Waals surface area contributed by atoms with Gasteiger partial charge in [0, 0.05) is 17.3 Å². The van der Waals surface area contributed by atoms with E-state index in [1.54, 1.807) is 11.3 Å². The number of nitrogens with one attached hydrogen (secondary N) is 1. The van der Waals surface area contributed by atoms with Crippen LogP contribution in [0.3, 0.4) is 0 Å². The first-order valence-electron chi connectivity index (χ1n) is 5.83. The van der Waals surface area contributed by atoms with Gasteiger partial charge in [0.25, 0.3) is 0 Å². The van der Waals surface area contributed by atoms with Crippen LogP contribution >= 0.6 is 11.3 Å². The fraction of sp³-hybridized carbons (Fsp3) is 0.385. The second kappa shape index (κ2) is 5.27. The molecule has 1 N–H and O–H groups in total. The van der Waals surface area contributed by atoms with E-state index in [-0.39, 0.29) is 6.04 Å². The summed E-state index contributed by atoms with van der Waals surface area (Å²) in [6.07, 6.45) is 4.83. The molecule has 0 saturated heterocycles. The minimum Gasteiger partial charge on any atom is -0.361 e. The van der Waals surface area contributed by atoms with Gasteiger partial charge in [-0.2, -0.15) is 0 Å². The Labute approximate surface area is 106 Å². The molecule has 0 aromatic carbocycles. The Morgan fingerprint density at radius 1 is 1.41 bits per heavy atom. The molecule has 2 heterocycles. The summed E-state index contributed by atoms with van der Waals surface area (Å²) in [5.41, 5.74) is 1.21. The van der Waals surface area contributed by atoms with Crippen molar-refractivity contribution in [2.75, 3.05) is 5.32 Å². The van der Waals surface area contributed by atoms with Crippen LogP contribution in [-0.4, -0.2) is 9.97 Å². The lowest BCUT2D eigenvalue weighted by molar-refractivity contribution is 0.860. The van der Waals surface area contributed by atoms with Crippen LogP contribution in [0.2, 0.25) is 0 Å². The second-order valence-corrected chi connectivity index (χ2v) is 5.25. The molecule has 3 nitrogen and oxygen atoms in total. The molecule has 0 aliphatic heterocycles. The average Bonchev–Trinajstić information content (AvgIpc) is 2.77. The Hall–Kier alpha value is -1.42. The lowest BCUT2D eigenvalue weighted by Crippen LogP contribution is -2.07. The zero-order valence-corrected chi connectivity index (χ0v) is 11.2. The van der Waals surface area contributed by atoms with E-state index in [4.69, 9.17) is 0 Å². The van der Waals surface area contributed by atoms with E-state index in [2.05, 4.69) is 36.1 Å². The molecule has 0 bridgehead atoms. The van der Waals surface area contributed by atoms with Crippen molar-refractivity contribution in [3.05, 3.63) is 40.0 Å². The number of nitrogens with zero attached hydrogens (tertiary/aromatic N) is 2. The number of aromatic nitrogens is 2. The van der Waals surface area contributed by atoms with Crippen molar-refractivity contribution in [2.24, 2.45) is 0 Å². The number of hydrogen-bond donors (Lipinski definition) is 1. The number of thiazole rings is 1. The maximum absolute atomic E-state index is 4.43. The molecular formula is C13H17N3S. The number of rotatable bonds is 4. The first-order valence-corrected chi connectivity index (χ1v) is 6.64. The SMILES string of the molecule is CCc1cnc(C(C)Nc2cc(C)ccn2)s1. The van der Waals surface area contributed by atoms with Gasteiger partial charge in [0.1, 0.15) is 10.8 Å². The monoisotopic (exact) mass is 247 g/mol. The molecule has 1 atom stereocenters. The highest BCUT2D eigenvalue weighted by molar-refractivity contribution is 7.11. The Kier molecular flexibility index (Phi) is 3.74. The lowest BCUT2D eigenvalue weighted by atomic mass is 10.3. The fourth-order valence-electron chi connectivity index (χ4n) is 1.58. The number of anilines is 1. The highest BCUT2D eigenvalue weighted by Crippen LogP contribution is 2.23. The first kappa shape index (κ1) is 12.0. The van der Waals surface area contributed by atoms with Gasteiger partial charge in [-0.1, -0.05) is 6.92 Å². The topological polar surface area (TPSA) is 37.8 Å². The molecule has 0 aliphatic rings. The molecule has 17 heavy (non-hydrogen) atoms. The third-order valence-electron chi connectivity index (χ3n) is 2.57. The molecule has 2 aromatic heterocycles. The molecule has 0 radical (unpaired) electrons. The predicted octanol–water partition coefficient (Wildman–Crippen LogP) is 3.58. The van der Waals surface area contributed by atoms with E-state index in [1.165, 1.54) is 10.4 Å². The van der Waals surface area contributed by atoms with Crippen LogP contribution in [0.25, 0.3) is 0 Å². The van der Waals surface area contributed by atoms with Crippen LogP contribution in [0.15, 0.2) is 24.5 Å². The van der Waals surface area contributed by atoms with Gasteiger partial charge < -0.3 is 5.32 Å². The molecule has 0 spiro atoms. The summed E-state index contributed by atoms with van der Waals surface area (Å²) in [5, 5.41) is 4.49. The highest BCUT2D eigenvalue weighted by atomic mass is 32.1. The van der Waals surface area contributed by atoms with Crippen LogP contribution < -0.4 is 5.32 Å². The standard InChI is InChI=1S/C13H17N3S/c1-4-11-8-15-13(17-11)10(3)16-12-7-9(2)5-6-14-12/h5-8,10H,4H2,1-3H3,(H,14,16). The molecule has 0 fully saturated rings. The molecule has 4 heteroatoms. The normalized spacial score (nSPS) is 12.4. The Bertz CT molecular complexity index is 493. The number of hydrogen-bond acceptors (Lipinski definition) is 4. The van der Waals surface area contributed by atoms with E-state index in [1.807, 2.05) is 24.5 Å². The van der Waals surface area contributed by atoms with Crippen LogP contribution in [0.1, 0.15) is 35.3 Å². The van der Waals surface area contributed by atoms with Crippen molar-refractivity contribution in [3.8, 4) is 0 Å². The first-order chi connectivity index (χ1) is 8.19. The third-order valence-corrected chi connectivity index (χ3v) is 3.89. The van der Waals surface area contributed by atoms with Crippen LogP contribution in [0.4, 0.5) is 5.82 Å². The Balaban J connectivity index is 2.08. The summed E-state index contributed by atoms with van der Waals surface area (Å²) in [4.78, 5) is 10.1. The van der Waals surface area contributed by atoms with Gasteiger partial charge in [0.15, 0.2) is 0 Å². The van der Waals surface area contributed by atoms with Crippen molar-refractivity contribution in [1.29, 1.82) is 0 Å². The average molecular weight is 247 g/mol. The van der Waals surface area contributed by atoms with E-state index >= 15 is 0 Å². The summed E-state index contributed by atoms with van der Waals surface area (Å²) in [5.74, 6) is 0.908. The summed E-state index contributed by atoms with van der Waals surface area (Å²) in [7, 11) is 0. The maximum Gasteiger partial charge on any atom is 0.126 e. The molecule has 0 amide bonds. The second-order valence-electron chi connectivity index (χ2n) is 4.10. The fourth-order valence-corrected chi connectivity index (χ4v) is 2.44. The Morgan fingerprint density at radius 3 is 2.88 bits per heavy atom. The van der Waals surface area contributed by atoms with E-state index in [0.29, 0.717) is 0 Å². The molecule has 0 saturated carbocycles. The van der Waals surface area contributed by atoms with Gasteiger partial charge in [-0.3, -0.25) is 0 Å². The van der Waals surface area contributed by atoms with Crippen molar-refractivity contribution in [3.63, 3.8) is 0 Å². The molecule has 2 rings (SSSR count). The van der Waals surface area contributed by atoms with Gasteiger partial charge in [0.2, 0.25) is 0 Å². The predicted molar refractivity (Wildman–Crippen MR) is 72.5 cm³/mol. The zero-order chi connectivity index (χ0) is 12.3. The third kappa shape index (κ3) is 3.03. The van der Waals surface area contributed by atoms with Crippen molar-refractivity contribution in [1.82, 2.24) is 9.97 Å². The maximum atomic E-state index is 4.43. The lowest BCUT2D eigenvalue weighted by Gasteiger charge is -2.11. The number of aryl methyl sites for hydroxylation is 2. The van der Waals surface area contributed by atoms with Crippen LogP contribution in [0.5, 0.6) is 0 Å². The van der Waals surface area contributed by atoms with Gasteiger partial charge in [-0.15, -0.1) is 11.3 Å². The van der Waals surface area contributed by atoms with Crippen molar-refractivity contribution >= 4 is 17.2 Å². The van der Waals surface area contributed by atoms with Gasteiger partial charge in [0.05, 0.1) is 6.04 Å². The minimum atomic E-state index is 0.203. The van der Waals surface area contributed by atoms with Gasteiger partial charge >= 0.3 is 0 Å². The van der Waals surface area contributed by atoms with Gasteiger partial charge in [-0.25, -0.2) is 9.97 Å². The van der Waals surface area contributed by atoms with Crippen LogP contribution in [-0.2, 0) is 6.42 Å². The molecule has 90 valence electrons. The van der Waals surface area contributed by atoms with Crippen LogP contribution in [0, 0.1) is 6.92 Å². The summed E-state index contributed by atoms with van der Waals surface area (Å²) in [6, 6.07) is 4.24. The zero-order valence-electron chi connectivity index (χ0n) is 10.4. The molecular weight excluding hydrogens is 230 g/mol. The molecule has 0 aliphatic carbocycles. The molecule has 1 unspecified atom stereocenters. The van der Waals surface area contributed by atoms with Crippen molar-refractivity contribution < 1.29 is 0 Å². The largest absolute Gasteiger partial charge is 0.361 e. The quantitative estimate of drug-likeness (QED) is 0.897. The van der Waals surface area contributed by atoms with E-state index in [9.17, 15) is 0 Å². The Morgan fingerprint density at radius 2 is 2.24 bits per heavy atom. The summed E-state index contributed by atoms with van der Waals surface area (Å²) < 4.78 is 0. The molecule has 2 aromatic rings. The van der Waals surface area contributed by atoms with E-state index in [0.717, 1.165) is 17.2 Å².